The molecular formula is C13H11Cl2N3O2. The van der Waals surface area contributed by atoms with E-state index in [0.717, 1.165) is 0 Å². The van der Waals surface area contributed by atoms with Gasteiger partial charge in [0, 0.05) is 12.1 Å². The highest BCUT2D eigenvalue weighted by Gasteiger charge is 2.19. The number of nitro groups is 1. The molecule has 0 saturated carbocycles. The Hall–Kier alpha value is -1.98. The predicted octanol–water partition coefficient (Wildman–Crippen LogP) is 4.69. The second-order valence-electron chi connectivity index (χ2n) is 3.96. The molecule has 0 atom stereocenters. The average molecular weight is 312 g/mol. The van der Waals surface area contributed by atoms with E-state index < -0.39 is 4.92 Å². The van der Waals surface area contributed by atoms with E-state index >= 15 is 0 Å². The summed E-state index contributed by atoms with van der Waals surface area (Å²) in [5.41, 5.74) is 1.21. The van der Waals surface area contributed by atoms with E-state index in [1.54, 1.807) is 43.4 Å². The van der Waals surface area contributed by atoms with E-state index in [4.69, 9.17) is 23.2 Å². The van der Waals surface area contributed by atoms with Crippen LogP contribution in [0.4, 0.5) is 22.7 Å². The van der Waals surface area contributed by atoms with Gasteiger partial charge >= 0.3 is 5.69 Å². The number of para-hydroxylation sites is 1. The van der Waals surface area contributed by atoms with Crippen molar-refractivity contribution in [2.75, 3.05) is 17.7 Å². The lowest BCUT2D eigenvalue weighted by atomic mass is 10.2. The van der Waals surface area contributed by atoms with Crippen molar-refractivity contribution in [3.05, 3.63) is 56.6 Å². The number of rotatable bonds is 4. The van der Waals surface area contributed by atoms with Gasteiger partial charge in [0.1, 0.15) is 11.4 Å². The van der Waals surface area contributed by atoms with Gasteiger partial charge in [-0.1, -0.05) is 29.3 Å². The summed E-state index contributed by atoms with van der Waals surface area (Å²) in [5, 5.41) is 17.9. The minimum absolute atomic E-state index is 0.0500. The highest BCUT2D eigenvalue weighted by molar-refractivity contribution is 6.35. The van der Waals surface area contributed by atoms with Crippen molar-refractivity contribution < 1.29 is 4.92 Å². The van der Waals surface area contributed by atoms with Crippen LogP contribution in [0, 0.1) is 10.1 Å². The molecule has 2 aromatic rings. The molecule has 2 N–H and O–H groups in total. The van der Waals surface area contributed by atoms with Crippen molar-refractivity contribution in [2.24, 2.45) is 0 Å². The molecule has 0 heterocycles. The Morgan fingerprint density at radius 3 is 2.45 bits per heavy atom. The van der Waals surface area contributed by atoms with Crippen LogP contribution < -0.4 is 10.6 Å². The van der Waals surface area contributed by atoms with Gasteiger partial charge in [0.05, 0.1) is 15.6 Å². The van der Waals surface area contributed by atoms with Crippen LogP contribution in [0.2, 0.25) is 10.0 Å². The third-order valence-corrected chi connectivity index (χ3v) is 3.25. The van der Waals surface area contributed by atoms with Crippen molar-refractivity contribution in [1.29, 1.82) is 0 Å². The number of hydrogen-bond acceptors (Lipinski definition) is 4. The van der Waals surface area contributed by atoms with E-state index in [2.05, 4.69) is 10.6 Å². The van der Waals surface area contributed by atoms with E-state index in [1.807, 2.05) is 0 Å². The fourth-order valence-electron chi connectivity index (χ4n) is 1.78. The normalized spacial score (nSPS) is 10.2. The molecule has 20 heavy (non-hydrogen) atoms. The molecule has 2 rings (SSSR count). The second-order valence-corrected chi connectivity index (χ2v) is 4.80. The van der Waals surface area contributed by atoms with Gasteiger partial charge in [-0.05, 0) is 30.3 Å². The third-order valence-electron chi connectivity index (χ3n) is 2.69. The van der Waals surface area contributed by atoms with Crippen molar-refractivity contribution in [1.82, 2.24) is 0 Å². The smallest absolute Gasteiger partial charge is 0.315 e. The van der Waals surface area contributed by atoms with Gasteiger partial charge in [0.2, 0.25) is 0 Å². The highest BCUT2D eigenvalue weighted by Crippen LogP contribution is 2.36. The predicted molar refractivity (Wildman–Crippen MR) is 82.4 cm³/mol. The van der Waals surface area contributed by atoms with E-state index in [9.17, 15) is 10.1 Å². The first kappa shape index (κ1) is 14.4. The molecule has 2 aromatic carbocycles. The van der Waals surface area contributed by atoms with Crippen LogP contribution in [0.5, 0.6) is 0 Å². The minimum atomic E-state index is -0.452. The number of anilines is 3. The number of nitrogens with one attached hydrogen (secondary N) is 2. The molecule has 0 spiro atoms. The molecule has 0 fully saturated rings. The van der Waals surface area contributed by atoms with Crippen LogP contribution in [-0.4, -0.2) is 12.0 Å². The van der Waals surface area contributed by atoms with Gasteiger partial charge in [-0.15, -0.1) is 0 Å². The summed E-state index contributed by atoms with van der Waals surface area (Å²) in [6, 6.07) is 9.83. The van der Waals surface area contributed by atoms with Crippen LogP contribution in [-0.2, 0) is 0 Å². The van der Waals surface area contributed by atoms with Gasteiger partial charge in [-0.2, -0.15) is 0 Å². The first-order valence-electron chi connectivity index (χ1n) is 5.70. The summed E-state index contributed by atoms with van der Waals surface area (Å²) in [6.45, 7) is 0. The Labute approximate surface area is 125 Å². The maximum Gasteiger partial charge on any atom is 0.315 e. The summed E-state index contributed by atoms with van der Waals surface area (Å²) in [4.78, 5) is 10.8. The molecule has 0 aliphatic carbocycles. The number of nitrogens with zero attached hydrogens (tertiary/aromatic N) is 1. The summed E-state index contributed by atoms with van der Waals surface area (Å²) >= 11 is 11.9. The molecule has 0 saturated heterocycles. The standard InChI is InChI=1S/C13H11Cl2N3O2/c1-16-10-3-2-4-11(13(10)18(19)20)17-12-7-8(14)5-6-9(12)15/h2-7,16-17H,1H3. The Balaban J connectivity index is 2.48. The van der Waals surface area contributed by atoms with Crippen LogP contribution in [0.25, 0.3) is 0 Å². The van der Waals surface area contributed by atoms with E-state index in [1.165, 1.54) is 0 Å². The van der Waals surface area contributed by atoms with Crippen molar-refractivity contribution in [3.63, 3.8) is 0 Å². The highest BCUT2D eigenvalue weighted by atomic mass is 35.5. The maximum atomic E-state index is 11.2. The molecule has 104 valence electrons. The molecule has 0 aromatic heterocycles. The van der Waals surface area contributed by atoms with Gasteiger partial charge in [-0.25, -0.2) is 0 Å². The summed E-state index contributed by atoms with van der Waals surface area (Å²) < 4.78 is 0. The number of halogens is 2. The fraction of sp³-hybridized carbons (Fsp3) is 0.0769. The molecule has 7 heteroatoms. The SMILES string of the molecule is CNc1cccc(Nc2cc(Cl)ccc2Cl)c1[N+](=O)[O-]. The van der Waals surface area contributed by atoms with Crippen LogP contribution >= 0.6 is 23.2 Å². The van der Waals surface area contributed by atoms with Crippen LogP contribution in [0.1, 0.15) is 0 Å². The topological polar surface area (TPSA) is 67.2 Å². The largest absolute Gasteiger partial charge is 0.382 e. The second kappa shape index (κ2) is 5.98. The zero-order valence-electron chi connectivity index (χ0n) is 10.5. The Kier molecular flexibility index (Phi) is 4.32. The number of hydrogen-bond donors (Lipinski definition) is 2. The van der Waals surface area contributed by atoms with Gasteiger partial charge in [-0.3, -0.25) is 10.1 Å². The van der Waals surface area contributed by atoms with Crippen LogP contribution in [0.3, 0.4) is 0 Å². The Morgan fingerprint density at radius 2 is 1.80 bits per heavy atom. The van der Waals surface area contributed by atoms with Crippen molar-refractivity contribution in [3.8, 4) is 0 Å². The van der Waals surface area contributed by atoms with Crippen molar-refractivity contribution >= 4 is 46.0 Å². The van der Waals surface area contributed by atoms with Crippen molar-refractivity contribution in [2.45, 2.75) is 0 Å². The van der Waals surface area contributed by atoms with E-state index in [0.29, 0.717) is 27.1 Å². The number of nitro benzene ring substituents is 1. The molecule has 0 bridgehead atoms. The Bertz CT molecular complexity index is 662. The first-order chi connectivity index (χ1) is 9.52. The lowest BCUT2D eigenvalue weighted by Gasteiger charge is -2.11. The first-order valence-corrected chi connectivity index (χ1v) is 6.45. The minimum Gasteiger partial charge on any atom is -0.382 e. The maximum absolute atomic E-state index is 11.2. The zero-order chi connectivity index (χ0) is 14.7. The summed E-state index contributed by atoms with van der Waals surface area (Å²) in [5.74, 6) is 0. The van der Waals surface area contributed by atoms with Gasteiger partial charge < -0.3 is 10.6 Å². The molecule has 0 amide bonds. The van der Waals surface area contributed by atoms with E-state index in [-0.39, 0.29) is 5.69 Å². The Morgan fingerprint density at radius 1 is 1.10 bits per heavy atom. The molecular weight excluding hydrogens is 301 g/mol. The fourth-order valence-corrected chi connectivity index (χ4v) is 2.12. The van der Waals surface area contributed by atoms with Gasteiger partial charge in [0.25, 0.3) is 0 Å². The molecule has 0 aliphatic rings. The summed E-state index contributed by atoms with van der Waals surface area (Å²) in [7, 11) is 1.62. The molecule has 5 nitrogen and oxygen atoms in total. The van der Waals surface area contributed by atoms with Gasteiger partial charge in [0.15, 0.2) is 0 Å². The molecule has 0 radical (unpaired) electrons. The zero-order valence-corrected chi connectivity index (χ0v) is 12.0. The number of benzene rings is 2. The molecule has 0 unspecified atom stereocenters. The third kappa shape index (κ3) is 2.95. The molecule has 0 aliphatic heterocycles. The summed E-state index contributed by atoms with van der Waals surface area (Å²) in [6.07, 6.45) is 0. The quantitative estimate of drug-likeness (QED) is 0.635. The lowest BCUT2D eigenvalue weighted by molar-refractivity contribution is -0.383. The van der Waals surface area contributed by atoms with Crippen LogP contribution in [0.15, 0.2) is 36.4 Å². The average Bonchev–Trinajstić information content (AvgIpc) is 2.42. The lowest BCUT2D eigenvalue weighted by Crippen LogP contribution is -2.01. The monoisotopic (exact) mass is 311 g/mol.